The zero-order valence-electron chi connectivity index (χ0n) is 24.6. The van der Waals surface area contributed by atoms with Crippen molar-refractivity contribution < 1.29 is 57.2 Å². The number of ether oxygens (including phenoxy) is 6. The quantitative estimate of drug-likeness (QED) is 0.339. The number of methoxy groups -OCH3 is 6. The highest BCUT2D eigenvalue weighted by atomic mass is 16.5. The maximum Gasteiger partial charge on any atom is 0.309 e. The van der Waals surface area contributed by atoms with E-state index in [0.29, 0.717) is 0 Å². The molecule has 0 N–H and O–H groups in total. The van der Waals surface area contributed by atoms with Gasteiger partial charge in [-0.2, -0.15) is 0 Å². The van der Waals surface area contributed by atoms with Crippen molar-refractivity contribution in [1.82, 2.24) is 0 Å². The Balaban J connectivity index is 2.00. The van der Waals surface area contributed by atoms with Gasteiger partial charge in [0.15, 0.2) is 0 Å². The number of hydrogen-bond acceptors (Lipinski definition) is 12. The van der Waals surface area contributed by atoms with E-state index in [2.05, 4.69) is 0 Å². The molecule has 0 heterocycles. The van der Waals surface area contributed by atoms with Gasteiger partial charge in [0.25, 0.3) is 0 Å². The van der Waals surface area contributed by atoms with Crippen molar-refractivity contribution in [2.24, 2.45) is 35.5 Å². The van der Waals surface area contributed by atoms with E-state index in [0.717, 1.165) is 33.4 Å². The predicted molar refractivity (Wildman–Crippen MR) is 142 cm³/mol. The Labute approximate surface area is 243 Å². The molecule has 6 atom stereocenters. The molecule has 0 fully saturated rings. The van der Waals surface area contributed by atoms with Crippen LogP contribution in [0.15, 0.2) is 0 Å². The van der Waals surface area contributed by atoms with E-state index in [-0.39, 0.29) is 38.5 Å². The molecule has 0 saturated heterocycles. The van der Waals surface area contributed by atoms with E-state index in [9.17, 15) is 28.8 Å². The summed E-state index contributed by atoms with van der Waals surface area (Å²) in [6, 6.07) is 0. The SMILES string of the molecule is COC(=O)[C@H]1Cc2c(c3c(c4c2C[C@@H](C(=O)OC)[C@@H](C(=O)OC)C4)C[C@H](C(=O)OC)[C@H](C(=O)OC)C3)C[C@@H]1C(=O)OC. The zero-order valence-corrected chi connectivity index (χ0v) is 24.6. The van der Waals surface area contributed by atoms with Crippen LogP contribution in [-0.4, -0.2) is 78.5 Å². The minimum absolute atomic E-state index is 0.123. The third kappa shape index (κ3) is 5.22. The Morgan fingerprint density at radius 3 is 0.548 bits per heavy atom. The highest BCUT2D eigenvalue weighted by Crippen LogP contribution is 2.47. The lowest BCUT2D eigenvalue weighted by atomic mass is 9.62. The first kappa shape index (κ1) is 31.0. The fourth-order valence-electron chi connectivity index (χ4n) is 7.14. The van der Waals surface area contributed by atoms with Crippen LogP contribution in [0.5, 0.6) is 0 Å². The summed E-state index contributed by atoms with van der Waals surface area (Å²) in [6.45, 7) is 0. The van der Waals surface area contributed by atoms with Gasteiger partial charge >= 0.3 is 35.8 Å². The first-order valence-corrected chi connectivity index (χ1v) is 13.7. The van der Waals surface area contributed by atoms with Crippen molar-refractivity contribution in [3.05, 3.63) is 33.4 Å². The Morgan fingerprint density at radius 2 is 0.452 bits per heavy atom. The summed E-state index contributed by atoms with van der Waals surface area (Å²) in [5.41, 5.74) is 4.56. The van der Waals surface area contributed by atoms with Crippen LogP contribution in [0.25, 0.3) is 0 Å². The molecule has 12 nitrogen and oxygen atoms in total. The first-order valence-electron chi connectivity index (χ1n) is 13.7. The fraction of sp³-hybridized carbons (Fsp3) is 0.600. The van der Waals surface area contributed by atoms with Gasteiger partial charge in [0.05, 0.1) is 78.2 Å². The van der Waals surface area contributed by atoms with Gasteiger partial charge < -0.3 is 28.4 Å². The molecule has 42 heavy (non-hydrogen) atoms. The van der Waals surface area contributed by atoms with Crippen LogP contribution in [0, 0.1) is 35.5 Å². The van der Waals surface area contributed by atoms with Crippen LogP contribution in [0.1, 0.15) is 33.4 Å². The summed E-state index contributed by atoms with van der Waals surface area (Å²) in [6.07, 6.45) is 0.735. The van der Waals surface area contributed by atoms with Gasteiger partial charge in [0, 0.05) is 0 Å². The van der Waals surface area contributed by atoms with Gasteiger partial charge in [-0.1, -0.05) is 0 Å². The maximum absolute atomic E-state index is 12.9. The fourth-order valence-corrected chi connectivity index (χ4v) is 7.14. The molecule has 0 saturated carbocycles. The smallest absolute Gasteiger partial charge is 0.309 e. The van der Waals surface area contributed by atoms with Crippen molar-refractivity contribution in [1.29, 1.82) is 0 Å². The van der Waals surface area contributed by atoms with Gasteiger partial charge in [-0.15, -0.1) is 0 Å². The van der Waals surface area contributed by atoms with Crippen molar-refractivity contribution in [2.45, 2.75) is 38.5 Å². The molecule has 0 unspecified atom stereocenters. The molecule has 4 rings (SSSR count). The number of benzene rings is 1. The Hall–Kier alpha value is -3.96. The Bertz CT molecular complexity index is 1040. The highest BCUT2D eigenvalue weighted by molar-refractivity contribution is 5.87. The summed E-state index contributed by atoms with van der Waals surface area (Å²) in [5.74, 6) is -8.57. The molecule has 3 aliphatic rings. The number of esters is 6. The molecule has 3 aliphatic carbocycles. The van der Waals surface area contributed by atoms with Crippen LogP contribution in [0.3, 0.4) is 0 Å². The molecule has 1 aromatic rings. The summed E-state index contributed by atoms with van der Waals surface area (Å²) >= 11 is 0. The number of carbonyl (C=O) groups excluding carboxylic acids is 6. The Kier molecular flexibility index (Phi) is 9.22. The molecule has 0 aliphatic heterocycles. The van der Waals surface area contributed by atoms with E-state index in [4.69, 9.17) is 28.4 Å². The zero-order chi connectivity index (χ0) is 30.9. The average molecular weight is 589 g/mol. The van der Waals surface area contributed by atoms with Crippen molar-refractivity contribution in [3.8, 4) is 0 Å². The average Bonchev–Trinajstić information content (AvgIpc) is 3.04. The topological polar surface area (TPSA) is 158 Å². The summed E-state index contributed by atoms with van der Waals surface area (Å²) in [5, 5.41) is 0. The second-order valence-corrected chi connectivity index (χ2v) is 10.9. The van der Waals surface area contributed by atoms with Crippen molar-refractivity contribution in [2.75, 3.05) is 42.7 Å². The van der Waals surface area contributed by atoms with Crippen LogP contribution in [0.4, 0.5) is 0 Å². The number of carbonyl (C=O) groups is 6. The molecule has 12 heteroatoms. The molecule has 0 spiro atoms. The lowest BCUT2D eigenvalue weighted by molar-refractivity contribution is -0.158. The molecule has 1 aromatic carbocycles. The van der Waals surface area contributed by atoms with E-state index < -0.39 is 71.3 Å². The minimum Gasteiger partial charge on any atom is -0.469 e. The van der Waals surface area contributed by atoms with Crippen LogP contribution in [0.2, 0.25) is 0 Å². The number of hydrogen-bond donors (Lipinski definition) is 0. The van der Waals surface area contributed by atoms with E-state index in [1.54, 1.807) is 0 Å². The lowest BCUT2D eigenvalue weighted by Gasteiger charge is -2.41. The van der Waals surface area contributed by atoms with E-state index >= 15 is 0 Å². The monoisotopic (exact) mass is 588 g/mol. The largest absolute Gasteiger partial charge is 0.469 e. The summed E-state index contributed by atoms with van der Waals surface area (Å²) in [7, 11) is 7.48. The van der Waals surface area contributed by atoms with E-state index in [1.807, 2.05) is 0 Å². The van der Waals surface area contributed by atoms with Crippen LogP contribution >= 0.6 is 0 Å². The van der Waals surface area contributed by atoms with E-state index in [1.165, 1.54) is 42.7 Å². The Morgan fingerprint density at radius 1 is 0.333 bits per heavy atom. The van der Waals surface area contributed by atoms with Gasteiger partial charge in [-0.05, 0) is 71.9 Å². The van der Waals surface area contributed by atoms with Gasteiger partial charge in [0.1, 0.15) is 0 Å². The molecule has 0 aromatic heterocycles. The lowest BCUT2D eigenvalue weighted by Crippen LogP contribution is -2.44. The predicted octanol–water partition coefficient (Wildman–Crippen LogP) is 0.718. The minimum atomic E-state index is -0.852. The van der Waals surface area contributed by atoms with Gasteiger partial charge in [0.2, 0.25) is 0 Å². The molecule has 0 radical (unpaired) electrons. The third-order valence-corrected chi connectivity index (χ3v) is 9.21. The standard InChI is InChI=1S/C30H36O12/c1-37-25(31)19-7-13-14(8-20(19)26(32)38-2)16-10-22(28(34)40-4)24(30(36)42-6)12-18(16)17-11-23(29(35)41-5)21(9-15(13)17)27(33)39-3/h19-24H,7-12H2,1-6H3/t19-,20-,21+,22+,23-,24-/m0/s1. The number of fused-ring (bicyclic) bond motifs is 6. The summed E-state index contributed by atoms with van der Waals surface area (Å²) in [4.78, 5) is 77.5. The van der Waals surface area contributed by atoms with Crippen molar-refractivity contribution in [3.63, 3.8) is 0 Å². The highest BCUT2D eigenvalue weighted by Gasteiger charge is 2.49. The second kappa shape index (κ2) is 12.5. The van der Waals surface area contributed by atoms with Gasteiger partial charge in [-0.3, -0.25) is 28.8 Å². The molecular weight excluding hydrogens is 552 g/mol. The molecule has 0 bridgehead atoms. The number of rotatable bonds is 6. The molecular formula is C30H36O12. The van der Waals surface area contributed by atoms with Crippen LogP contribution in [-0.2, 0) is 95.7 Å². The van der Waals surface area contributed by atoms with Crippen molar-refractivity contribution >= 4 is 35.8 Å². The molecule has 0 amide bonds. The maximum atomic E-state index is 12.9. The van der Waals surface area contributed by atoms with Gasteiger partial charge in [-0.25, -0.2) is 0 Å². The second-order valence-electron chi connectivity index (χ2n) is 10.9. The third-order valence-electron chi connectivity index (χ3n) is 9.21. The normalized spacial score (nSPS) is 25.9. The molecule has 228 valence electrons. The van der Waals surface area contributed by atoms with Crippen LogP contribution < -0.4 is 0 Å². The first-order chi connectivity index (χ1) is 20.1. The summed E-state index contributed by atoms with van der Waals surface area (Å²) < 4.78 is 30.3.